The molecule has 0 saturated carbocycles. The van der Waals surface area contributed by atoms with Crippen molar-refractivity contribution in [3.63, 3.8) is 0 Å². The van der Waals surface area contributed by atoms with Crippen LogP contribution in [0.5, 0.6) is 0 Å². The number of benzene rings is 1. The van der Waals surface area contributed by atoms with Crippen LogP contribution >= 0.6 is 0 Å². The van der Waals surface area contributed by atoms with Crippen molar-refractivity contribution in [2.75, 3.05) is 32.1 Å². The molecule has 3 rings (SSSR count). The predicted molar refractivity (Wildman–Crippen MR) is 98.7 cm³/mol. The van der Waals surface area contributed by atoms with Crippen LogP contribution in [-0.2, 0) is 11.3 Å². The highest BCUT2D eigenvalue weighted by Crippen LogP contribution is 2.19. The summed E-state index contributed by atoms with van der Waals surface area (Å²) in [5.74, 6) is 0.0228. The van der Waals surface area contributed by atoms with Gasteiger partial charge in [0.25, 0.3) is 5.91 Å². The molecule has 1 aliphatic rings. The molecule has 5 heteroatoms. The van der Waals surface area contributed by atoms with E-state index in [1.54, 1.807) is 24.5 Å². The number of aromatic nitrogens is 1. The topological polar surface area (TPSA) is 45.7 Å². The summed E-state index contributed by atoms with van der Waals surface area (Å²) in [6.07, 6.45) is 5.53. The van der Waals surface area contributed by atoms with Crippen molar-refractivity contribution >= 4 is 11.6 Å². The van der Waals surface area contributed by atoms with Gasteiger partial charge in [-0.25, -0.2) is 0 Å². The third kappa shape index (κ3) is 4.57. The lowest BCUT2D eigenvalue weighted by molar-refractivity contribution is 0.0507. The van der Waals surface area contributed by atoms with Crippen molar-refractivity contribution in [1.29, 1.82) is 0 Å². The fourth-order valence-corrected chi connectivity index (χ4v) is 3.05. The van der Waals surface area contributed by atoms with Crippen LogP contribution < -0.4 is 4.90 Å². The summed E-state index contributed by atoms with van der Waals surface area (Å²) in [7, 11) is 4.04. The Hall–Kier alpha value is -2.40. The number of nitrogens with zero attached hydrogens (tertiary/aromatic N) is 3. The lowest BCUT2D eigenvalue weighted by Crippen LogP contribution is -2.37. The van der Waals surface area contributed by atoms with Crippen LogP contribution in [0.25, 0.3) is 0 Å². The van der Waals surface area contributed by atoms with Gasteiger partial charge in [-0.3, -0.25) is 9.78 Å². The van der Waals surface area contributed by atoms with E-state index >= 15 is 0 Å². The Morgan fingerprint density at radius 1 is 1.16 bits per heavy atom. The van der Waals surface area contributed by atoms with Gasteiger partial charge in [0.2, 0.25) is 0 Å². The molecule has 0 bridgehead atoms. The van der Waals surface area contributed by atoms with Crippen LogP contribution in [0.15, 0.2) is 48.8 Å². The second kappa shape index (κ2) is 8.12. The molecule has 0 aliphatic carbocycles. The molecule has 132 valence electrons. The molecule has 0 spiro atoms. The average Bonchev–Trinajstić information content (AvgIpc) is 3.15. The maximum Gasteiger partial charge on any atom is 0.254 e. The summed E-state index contributed by atoms with van der Waals surface area (Å²) in [4.78, 5) is 20.9. The van der Waals surface area contributed by atoms with Gasteiger partial charge in [0, 0.05) is 57.4 Å². The smallest absolute Gasteiger partial charge is 0.254 e. The maximum absolute atomic E-state index is 12.9. The van der Waals surface area contributed by atoms with E-state index in [0.717, 1.165) is 30.7 Å². The Bertz CT molecular complexity index is 680. The standard InChI is InChI=1S/C20H25N3O2/c1-22(2)18-7-5-16(6-8-18)14-23(15-19-4-3-13-25-19)20(24)17-9-11-21-12-10-17/h5-12,19H,3-4,13-15H2,1-2H3. The van der Waals surface area contributed by atoms with E-state index in [2.05, 4.69) is 34.1 Å². The second-order valence-electron chi connectivity index (χ2n) is 6.62. The van der Waals surface area contributed by atoms with E-state index in [-0.39, 0.29) is 12.0 Å². The monoisotopic (exact) mass is 339 g/mol. The first-order chi connectivity index (χ1) is 12.1. The zero-order chi connectivity index (χ0) is 17.6. The average molecular weight is 339 g/mol. The highest BCUT2D eigenvalue weighted by atomic mass is 16.5. The Morgan fingerprint density at radius 2 is 1.88 bits per heavy atom. The van der Waals surface area contributed by atoms with E-state index in [9.17, 15) is 4.79 Å². The van der Waals surface area contributed by atoms with Crippen molar-refractivity contribution in [2.45, 2.75) is 25.5 Å². The van der Waals surface area contributed by atoms with E-state index in [0.29, 0.717) is 18.7 Å². The Labute approximate surface area is 149 Å². The maximum atomic E-state index is 12.9. The molecule has 0 radical (unpaired) electrons. The van der Waals surface area contributed by atoms with E-state index in [4.69, 9.17) is 4.74 Å². The summed E-state index contributed by atoms with van der Waals surface area (Å²) in [5.41, 5.74) is 2.93. The van der Waals surface area contributed by atoms with Crippen molar-refractivity contribution in [2.24, 2.45) is 0 Å². The lowest BCUT2D eigenvalue weighted by Gasteiger charge is -2.26. The number of carbonyl (C=O) groups is 1. The Morgan fingerprint density at radius 3 is 2.48 bits per heavy atom. The van der Waals surface area contributed by atoms with Crippen LogP contribution in [0.2, 0.25) is 0 Å². The Balaban J connectivity index is 1.76. The molecule has 1 saturated heterocycles. The quantitative estimate of drug-likeness (QED) is 0.812. The van der Waals surface area contributed by atoms with Crippen molar-refractivity contribution in [3.8, 4) is 0 Å². The summed E-state index contributed by atoms with van der Waals surface area (Å²) < 4.78 is 5.74. The number of pyridine rings is 1. The Kier molecular flexibility index (Phi) is 5.66. The van der Waals surface area contributed by atoms with Gasteiger partial charge in [0.05, 0.1) is 6.10 Å². The number of rotatable bonds is 6. The molecule has 1 aromatic heterocycles. The summed E-state index contributed by atoms with van der Waals surface area (Å²) >= 11 is 0. The minimum Gasteiger partial charge on any atom is -0.378 e. The van der Waals surface area contributed by atoms with Crippen molar-refractivity contribution in [1.82, 2.24) is 9.88 Å². The molecule has 2 aromatic rings. The van der Waals surface area contributed by atoms with Gasteiger partial charge in [-0.05, 0) is 42.7 Å². The molecule has 1 aliphatic heterocycles. The first-order valence-corrected chi connectivity index (χ1v) is 8.70. The molecular formula is C20H25N3O2. The van der Waals surface area contributed by atoms with E-state index < -0.39 is 0 Å². The van der Waals surface area contributed by atoms with Gasteiger partial charge in [-0.2, -0.15) is 0 Å². The third-order valence-electron chi connectivity index (χ3n) is 4.49. The van der Waals surface area contributed by atoms with Crippen LogP contribution in [0.3, 0.4) is 0 Å². The highest BCUT2D eigenvalue weighted by Gasteiger charge is 2.23. The van der Waals surface area contributed by atoms with Gasteiger partial charge < -0.3 is 14.5 Å². The first-order valence-electron chi connectivity index (χ1n) is 8.70. The molecular weight excluding hydrogens is 314 g/mol. The number of amides is 1. The van der Waals surface area contributed by atoms with Gasteiger partial charge >= 0.3 is 0 Å². The fourth-order valence-electron chi connectivity index (χ4n) is 3.05. The van der Waals surface area contributed by atoms with E-state index in [1.807, 2.05) is 19.0 Å². The van der Waals surface area contributed by atoms with Crippen LogP contribution in [-0.4, -0.2) is 49.1 Å². The number of carbonyl (C=O) groups excluding carboxylic acids is 1. The van der Waals surface area contributed by atoms with E-state index in [1.165, 1.54) is 0 Å². The SMILES string of the molecule is CN(C)c1ccc(CN(CC2CCCO2)C(=O)c2ccncc2)cc1. The molecule has 1 amide bonds. The van der Waals surface area contributed by atoms with Gasteiger partial charge in [0.1, 0.15) is 0 Å². The zero-order valence-electron chi connectivity index (χ0n) is 14.9. The molecule has 1 fully saturated rings. The lowest BCUT2D eigenvalue weighted by atomic mass is 10.1. The molecule has 1 atom stereocenters. The normalized spacial score (nSPS) is 16.6. The van der Waals surface area contributed by atoms with Crippen molar-refractivity contribution in [3.05, 3.63) is 59.9 Å². The summed E-state index contributed by atoms with van der Waals surface area (Å²) in [6.45, 7) is 1.99. The second-order valence-corrected chi connectivity index (χ2v) is 6.62. The molecule has 5 nitrogen and oxygen atoms in total. The predicted octanol–water partition coefficient (Wildman–Crippen LogP) is 2.97. The minimum absolute atomic E-state index is 0.0228. The number of hydrogen-bond donors (Lipinski definition) is 0. The zero-order valence-corrected chi connectivity index (χ0v) is 14.9. The number of hydrogen-bond acceptors (Lipinski definition) is 4. The molecule has 1 unspecified atom stereocenters. The van der Waals surface area contributed by atoms with Gasteiger partial charge in [-0.1, -0.05) is 12.1 Å². The number of ether oxygens (including phenoxy) is 1. The minimum atomic E-state index is 0.0228. The largest absolute Gasteiger partial charge is 0.378 e. The summed E-state index contributed by atoms with van der Waals surface area (Å²) in [5, 5.41) is 0. The van der Waals surface area contributed by atoms with Gasteiger partial charge in [0.15, 0.2) is 0 Å². The highest BCUT2D eigenvalue weighted by molar-refractivity contribution is 5.94. The van der Waals surface area contributed by atoms with Gasteiger partial charge in [-0.15, -0.1) is 0 Å². The molecule has 1 aromatic carbocycles. The number of anilines is 1. The molecule has 25 heavy (non-hydrogen) atoms. The first kappa shape index (κ1) is 17.4. The van der Waals surface area contributed by atoms with Crippen LogP contribution in [0.1, 0.15) is 28.8 Å². The summed E-state index contributed by atoms with van der Waals surface area (Å²) in [6, 6.07) is 11.8. The molecule has 0 N–H and O–H groups in total. The fraction of sp³-hybridized carbons (Fsp3) is 0.400. The van der Waals surface area contributed by atoms with Crippen molar-refractivity contribution < 1.29 is 9.53 Å². The molecule has 2 heterocycles. The van der Waals surface area contributed by atoms with Crippen LogP contribution in [0, 0.1) is 0 Å². The van der Waals surface area contributed by atoms with Crippen LogP contribution in [0.4, 0.5) is 5.69 Å². The third-order valence-corrected chi connectivity index (χ3v) is 4.49.